The standard InChI is InChI=1S/C11H11N3O5S/c1-4-9(17)12-6(16)3-14(4)11-13-7(10(18)19)8(20-11)5(2)15/h4H,3H2,1-2H3,(H,18,19)(H,12,16,17). The van der Waals surface area contributed by atoms with Gasteiger partial charge in [0.05, 0.1) is 0 Å². The highest BCUT2D eigenvalue weighted by molar-refractivity contribution is 7.17. The first-order chi connectivity index (χ1) is 9.31. The number of hydrogen-bond donors (Lipinski definition) is 2. The third-order valence-corrected chi connectivity index (χ3v) is 4.00. The van der Waals surface area contributed by atoms with Crippen molar-refractivity contribution >= 4 is 40.0 Å². The summed E-state index contributed by atoms with van der Waals surface area (Å²) in [6.45, 7) is 2.69. The fraction of sp³-hybridized carbons (Fsp3) is 0.364. The Morgan fingerprint density at radius 3 is 2.60 bits per heavy atom. The summed E-state index contributed by atoms with van der Waals surface area (Å²) >= 11 is 0.862. The minimum atomic E-state index is -1.32. The molecule has 2 N–H and O–H groups in total. The number of aromatic carboxylic acids is 1. The highest BCUT2D eigenvalue weighted by Gasteiger charge is 2.33. The molecule has 106 valence electrons. The van der Waals surface area contributed by atoms with E-state index in [1.54, 1.807) is 6.92 Å². The molecule has 1 atom stereocenters. The Morgan fingerprint density at radius 1 is 1.45 bits per heavy atom. The third-order valence-electron chi connectivity index (χ3n) is 2.81. The first-order valence-electron chi connectivity index (χ1n) is 5.66. The number of carbonyl (C=O) groups excluding carboxylic acids is 3. The van der Waals surface area contributed by atoms with E-state index in [9.17, 15) is 19.2 Å². The number of rotatable bonds is 3. The number of nitrogens with one attached hydrogen (secondary N) is 1. The van der Waals surface area contributed by atoms with Crippen molar-refractivity contribution < 1.29 is 24.3 Å². The van der Waals surface area contributed by atoms with Crippen LogP contribution in [0.15, 0.2) is 0 Å². The van der Waals surface area contributed by atoms with Gasteiger partial charge in [0.25, 0.3) is 0 Å². The minimum Gasteiger partial charge on any atom is -0.476 e. The second-order valence-electron chi connectivity index (χ2n) is 4.25. The number of amides is 2. The summed E-state index contributed by atoms with van der Waals surface area (Å²) in [6, 6.07) is -0.666. The largest absolute Gasteiger partial charge is 0.476 e. The summed E-state index contributed by atoms with van der Waals surface area (Å²) in [4.78, 5) is 50.7. The second kappa shape index (κ2) is 5.00. The van der Waals surface area contributed by atoms with Gasteiger partial charge in [-0.25, -0.2) is 9.78 Å². The molecule has 1 saturated heterocycles. The third kappa shape index (κ3) is 2.39. The molecule has 0 saturated carbocycles. The average molecular weight is 297 g/mol. The maximum absolute atomic E-state index is 11.6. The lowest BCUT2D eigenvalue weighted by Gasteiger charge is -2.31. The van der Waals surface area contributed by atoms with E-state index < -0.39 is 29.6 Å². The highest BCUT2D eigenvalue weighted by atomic mass is 32.1. The van der Waals surface area contributed by atoms with Crippen LogP contribution in [0.3, 0.4) is 0 Å². The fourth-order valence-electron chi connectivity index (χ4n) is 1.76. The minimum absolute atomic E-state index is 0.00173. The molecule has 0 aromatic carbocycles. The molecule has 0 radical (unpaired) electrons. The van der Waals surface area contributed by atoms with Crippen LogP contribution in [0.25, 0.3) is 0 Å². The summed E-state index contributed by atoms with van der Waals surface area (Å²) in [5.41, 5.74) is -0.358. The van der Waals surface area contributed by atoms with Crippen molar-refractivity contribution in [2.45, 2.75) is 19.9 Å². The van der Waals surface area contributed by atoms with Gasteiger partial charge in [-0.1, -0.05) is 11.3 Å². The van der Waals surface area contributed by atoms with Crippen LogP contribution in [0.5, 0.6) is 0 Å². The normalized spacial score (nSPS) is 18.9. The smallest absolute Gasteiger partial charge is 0.356 e. The molecule has 1 aromatic rings. The zero-order valence-electron chi connectivity index (χ0n) is 10.7. The number of nitrogens with zero attached hydrogens (tertiary/aromatic N) is 2. The number of piperazine rings is 1. The second-order valence-corrected chi connectivity index (χ2v) is 5.23. The van der Waals surface area contributed by atoms with Crippen molar-refractivity contribution in [3.63, 3.8) is 0 Å². The van der Waals surface area contributed by atoms with Gasteiger partial charge in [0.2, 0.25) is 11.8 Å². The van der Waals surface area contributed by atoms with Gasteiger partial charge in [0.15, 0.2) is 16.6 Å². The Balaban J connectivity index is 2.44. The van der Waals surface area contributed by atoms with Gasteiger partial charge in [0.1, 0.15) is 17.5 Å². The van der Waals surface area contributed by atoms with E-state index in [-0.39, 0.29) is 22.2 Å². The lowest BCUT2D eigenvalue weighted by Crippen LogP contribution is -2.57. The zero-order chi connectivity index (χ0) is 15.0. The Kier molecular flexibility index (Phi) is 3.53. The number of carbonyl (C=O) groups is 4. The van der Waals surface area contributed by atoms with Crippen LogP contribution in [0.1, 0.15) is 34.0 Å². The number of anilines is 1. The van der Waals surface area contributed by atoms with Crippen LogP contribution < -0.4 is 10.2 Å². The van der Waals surface area contributed by atoms with Crippen LogP contribution in [0.4, 0.5) is 5.13 Å². The molecule has 0 spiro atoms. The lowest BCUT2D eigenvalue weighted by molar-refractivity contribution is -0.132. The molecule has 1 aliphatic heterocycles. The van der Waals surface area contributed by atoms with Crippen molar-refractivity contribution in [2.24, 2.45) is 0 Å². The number of carboxylic acids is 1. The SMILES string of the molecule is CC(=O)c1sc(N2CC(=O)NC(=O)C2C)nc1C(=O)O. The first-order valence-corrected chi connectivity index (χ1v) is 6.48. The van der Waals surface area contributed by atoms with E-state index in [0.29, 0.717) is 0 Å². The highest BCUT2D eigenvalue weighted by Crippen LogP contribution is 2.29. The van der Waals surface area contributed by atoms with Crippen LogP contribution in [-0.2, 0) is 9.59 Å². The summed E-state index contributed by atoms with van der Waals surface area (Å²) in [5, 5.41) is 11.4. The Bertz CT molecular complexity index is 592. The molecule has 9 heteroatoms. The summed E-state index contributed by atoms with van der Waals surface area (Å²) < 4.78 is 0. The van der Waals surface area contributed by atoms with Crippen molar-refractivity contribution in [2.75, 3.05) is 11.4 Å². The van der Waals surface area contributed by atoms with E-state index >= 15 is 0 Å². The van der Waals surface area contributed by atoms with Crippen molar-refractivity contribution in [3.05, 3.63) is 10.6 Å². The molecule has 20 heavy (non-hydrogen) atoms. The van der Waals surface area contributed by atoms with Gasteiger partial charge in [-0.2, -0.15) is 0 Å². The van der Waals surface area contributed by atoms with Gasteiger partial charge < -0.3 is 10.0 Å². The van der Waals surface area contributed by atoms with E-state index in [2.05, 4.69) is 10.3 Å². The molecule has 1 unspecified atom stereocenters. The molecule has 0 aliphatic carbocycles. The maximum Gasteiger partial charge on any atom is 0.356 e. The molecular formula is C11H11N3O5S. The summed E-state index contributed by atoms with van der Waals surface area (Å²) in [6.07, 6.45) is 0. The average Bonchev–Trinajstić information content (AvgIpc) is 2.78. The van der Waals surface area contributed by atoms with Gasteiger partial charge in [-0.15, -0.1) is 0 Å². The van der Waals surface area contributed by atoms with Crippen LogP contribution in [0, 0.1) is 0 Å². The van der Waals surface area contributed by atoms with Gasteiger partial charge in [0, 0.05) is 6.92 Å². The number of Topliss-reactive ketones (excluding diaryl/α,β-unsaturated/α-hetero) is 1. The number of imide groups is 1. The van der Waals surface area contributed by atoms with Gasteiger partial charge in [-0.3, -0.25) is 19.7 Å². The van der Waals surface area contributed by atoms with Crippen molar-refractivity contribution in [3.8, 4) is 0 Å². The molecule has 0 bridgehead atoms. The molecule has 2 rings (SSSR count). The molecular weight excluding hydrogens is 286 g/mol. The summed E-state index contributed by atoms with van der Waals surface area (Å²) in [7, 11) is 0. The number of carboxylic acid groups (broad SMARTS) is 1. The maximum atomic E-state index is 11.6. The molecule has 2 amide bonds. The quantitative estimate of drug-likeness (QED) is 0.590. The Hall–Kier alpha value is -2.29. The van der Waals surface area contributed by atoms with Crippen LogP contribution in [-0.4, -0.2) is 46.2 Å². The van der Waals surface area contributed by atoms with Crippen LogP contribution >= 0.6 is 11.3 Å². The predicted molar refractivity (Wildman–Crippen MR) is 69.0 cm³/mol. The van der Waals surface area contributed by atoms with Crippen LogP contribution in [0.2, 0.25) is 0 Å². The number of ketones is 1. The zero-order valence-corrected chi connectivity index (χ0v) is 11.5. The fourth-order valence-corrected chi connectivity index (χ4v) is 2.80. The van der Waals surface area contributed by atoms with E-state index in [1.807, 2.05) is 0 Å². The van der Waals surface area contributed by atoms with Crippen molar-refractivity contribution in [1.29, 1.82) is 0 Å². The Morgan fingerprint density at radius 2 is 2.10 bits per heavy atom. The van der Waals surface area contributed by atoms with Crippen molar-refractivity contribution in [1.82, 2.24) is 10.3 Å². The van der Waals surface area contributed by atoms with E-state index in [4.69, 9.17) is 5.11 Å². The molecule has 1 aromatic heterocycles. The summed E-state index contributed by atoms with van der Waals surface area (Å²) in [5.74, 6) is -2.73. The monoisotopic (exact) mass is 297 g/mol. The number of aromatic nitrogens is 1. The molecule has 1 fully saturated rings. The van der Waals surface area contributed by atoms with Gasteiger partial charge >= 0.3 is 5.97 Å². The van der Waals surface area contributed by atoms with E-state index in [1.165, 1.54) is 11.8 Å². The lowest BCUT2D eigenvalue weighted by atomic mass is 10.2. The molecule has 1 aliphatic rings. The topological polar surface area (TPSA) is 117 Å². The number of hydrogen-bond acceptors (Lipinski definition) is 7. The number of thiazole rings is 1. The molecule has 8 nitrogen and oxygen atoms in total. The predicted octanol–water partition coefficient (Wildman–Crippen LogP) is -0.105. The Labute approximate surface area is 117 Å². The van der Waals surface area contributed by atoms with E-state index in [0.717, 1.165) is 11.3 Å². The van der Waals surface area contributed by atoms with Gasteiger partial charge in [-0.05, 0) is 6.92 Å². The molecule has 2 heterocycles. The first kappa shape index (κ1) is 14.1.